The van der Waals surface area contributed by atoms with Crippen LogP contribution in [0.2, 0.25) is 5.02 Å². The molecule has 1 heterocycles. The van der Waals surface area contributed by atoms with Crippen LogP contribution in [0.5, 0.6) is 0 Å². The van der Waals surface area contributed by atoms with Crippen LogP contribution in [0.3, 0.4) is 0 Å². The summed E-state index contributed by atoms with van der Waals surface area (Å²) in [6, 6.07) is 16.0. The predicted octanol–water partition coefficient (Wildman–Crippen LogP) is 4.71. The third-order valence-corrected chi connectivity index (χ3v) is 5.31. The molecule has 0 bridgehead atoms. The van der Waals surface area contributed by atoms with Gasteiger partial charge in [0.15, 0.2) is 0 Å². The molecule has 0 aliphatic rings. The quantitative estimate of drug-likeness (QED) is 0.586. The number of carbonyl (C=O) groups excluding carboxylic acids is 1. The SMILES string of the molecule is COC(=O)CS[C@H](C)c1nc2cc(Cl)ccc2n1Cc1ccccc1. The Hall–Kier alpha value is -1.98. The fraction of sp³-hybridized carbons (Fsp3) is 0.263. The standard InChI is InChI=1S/C19H19ClN2O2S/c1-13(25-12-18(23)24-2)19-21-16-10-15(20)8-9-17(16)22(19)11-14-6-4-3-5-7-14/h3-10,13H,11-12H2,1-2H3/t13-/m1/s1. The van der Waals surface area contributed by atoms with Gasteiger partial charge in [-0.3, -0.25) is 4.79 Å². The number of halogens is 1. The number of thioether (sulfide) groups is 1. The fourth-order valence-electron chi connectivity index (χ4n) is 2.69. The van der Waals surface area contributed by atoms with Crippen molar-refractivity contribution >= 4 is 40.4 Å². The molecule has 6 heteroatoms. The Balaban J connectivity index is 1.97. The van der Waals surface area contributed by atoms with Crippen LogP contribution < -0.4 is 0 Å². The van der Waals surface area contributed by atoms with Crippen LogP contribution >= 0.6 is 23.4 Å². The molecule has 0 aliphatic heterocycles. The van der Waals surface area contributed by atoms with E-state index < -0.39 is 0 Å². The van der Waals surface area contributed by atoms with Gasteiger partial charge in [-0.1, -0.05) is 41.9 Å². The number of rotatable bonds is 6. The topological polar surface area (TPSA) is 44.1 Å². The summed E-state index contributed by atoms with van der Waals surface area (Å²) < 4.78 is 6.92. The molecule has 25 heavy (non-hydrogen) atoms. The minimum atomic E-state index is -0.231. The van der Waals surface area contributed by atoms with E-state index in [2.05, 4.69) is 23.6 Å². The average molecular weight is 375 g/mol. The minimum absolute atomic E-state index is 0.0500. The maximum absolute atomic E-state index is 11.5. The second kappa shape index (κ2) is 7.93. The number of imidazole rings is 1. The molecule has 0 saturated heterocycles. The summed E-state index contributed by atoms with van der Waals surface area (Å²) in [5.41, 5.74) is 3.10. The van der Waals surface area contributed by atoms with Crippen LogP contribution in [-0.4, -0.2) is 28.4 Å². The highest BCUT2D eigenvalue weighted by Gasteiger charge is 2.19. The van der Waals surface area contributed by atoms with Crippen LogP contribution in [-0.2, 0) is 16.1 Å². The minimum Gasteiger partial charge on any atom is -0.468 e. The van der Waals surface area contributed by atoms with E-state index in [-0.39, 0.29) is 11.2 Å². The lowest BCUT2D eigenvalue weighted by atomic mass is 10.2. The lowest BCUT2D eigenvalue weighted by molar-refractivity contribution is -0.137. The molecule has 1 atom stereocenters. The number of aromatic nitrogens is 2. The van der Waals surface area contributed by atoms with Gasteiger partial charge in [-0.25, -0.2) is 4.98 Å². The van der Waals surface area contributed by atoms with Crippen molar-refractivity contribution in [1.29, 1.82) is 0 Å². The number of fused-ring (bicyclic) bond motifs is 1. The number of benzene rings is 2. The van der Waals surface area contributed by atoms with Gasteiger partial charge < -0.3 is 9.30 Å². The van der Waals surface area contributed by atoms with Crippen molar-refractivity contribution < 1.29 is 9.53 Å². The largest absolute Gasteiger partial charge is 0.468 e. The smallest absolute Gasteiger partial charge is 0.315 e. The Morgan fingerprint density at radius 1 is 1.28 bits per heavy atom. The van der Waals surface area contributed by atoms with E-state index >= 15 is 0 Å². The zero-order chi connectivity index (χ0) is 17.8. The van der Waals surface area contributed by atoms with Crippen molar-refractivity contribution in [2.75, 3.05) is 12.9 Å². The summed E-state index contributed by atoms with van der Waals surface area (Å²) >= 11 is 7.64. The molecule has 0 amide bonds. The van der Waals surface area contributed by atoms with Crippen LogP contribution in [0.1, 0.15) is 23.6 Å². The van der Waals surface area contributed by atoms with Gasteiger partial charge in [-0.2, -0.15) is 0 Å². The van der Waals surface area contributed by atoms with Crippen LogP contribution in [0.4, 0.5) is 0 Å². The summed E-state index contributed by atoms with van der Waals surface area (Å²) in [5, 5.41) is 0.715. The van der Waals surface area contributed by atoms with Crippen molar-refractivity contribution in [3.05, 3.63) is 64.9 Å². The Morgan fingerprint density at radius 2 is 2.04 bits per heavy atom. The van der Waals surface area contributed by atoms with Gasteiger partial charge in [-0.15, -0.1) is 11.8 Å². The Kier molecular flexibility index (Phi) is 5.66. The summed E-state index contributed by atoms with van der Waals surface area (Å²) in [7, 11) is 1.40. The molecule has 0 aliphatic carbocycles. The molecule has 4 nitrogen and oxygen atoms in total. The van der Waals surface area contributed by atoms with E-state index in [0.717, 1.165) is 23.4 Å². The maximum Gasteiger partial charge on any atom is 0.315 e. The van der Waals surface area contributed by atoms with E-state index in [9.17, 15) is 4.79 Å². The highest BCUT2D eigenvalue weighted by atomic mass is 35.5. The number of carbonyl (C=O) groups is 1. The zero-order valence-corrected chi connectivity index (χ0v) is 15.7. The van der Waals surface area contributed by atoms with Crippen molar-refractivity contribution in [1.82, 2.24) is 9.55 Å². The number of ether oxygens (including phenoxy) is 1. The van der Waals surface area contributed by atoms with E-state index in [4.69, 9.17) is 21.3 Å². The predicted molar refractivity (Wildman–Crippen MR) is 103 cm³/mol. The second-order valence-corrected chi connectivity index (χ2v) is 7.47. The lowest BCUT2D eigenvalue weighted by Gasteiger charge is -2.14. The average Bonchev–Trinajstić information content (AvgIpc) is 2.97. The molecule has 1 aromatic heterocycles. The van der Waals surface area contributed by atoms with Crippen LogP contribution in [0, 0.1) is 0 Å². The molecule has 0 saturated carbocycles. The molecule has 0 radical (unpaired) electrons. The Bertz CT molecular complexity index is 880. The first-order valence-corrected chi connectivity index (χ1v) is 9.39. The number of methoxy groups -OCH3 is 1. The Morgan fingerprint density at radius 3 is 2.76 bits per heavy atom. The van der Waals surface area contributed by atoms with Gasteiger partial charge in [0.05, 0.1) is 29.1 Å². The number of hydrogen-bond acceptors (Lipinski definition) is 4. The van der Waals surface area contributed by atoms with Gasteiger partial charge in [0.25, 0.3) is 0 Å². The van der Waals surface area contributed by atoms with Gasteiger partial charge >= 0.3 is 5.97 Å². The first kappa shape index (κ1) is 17.8. The fourth-order valence-corrected chi connectivity index (χ4v) is 3.69. The van der Waals surface area contributed by atoms with Crippen molar-refractivity contribution in [2.24, 2.45) is 0 Å². The van der Waals surface area contributed by atoms with Crippen molar-refractivity contribution in [3.8, 4) is 0 Å². The van der Waals surface area contributed by atoms with Crippen molar-refractivity contribution in [2.45, 2.75) is 18.7 Å². The number of esters is 1. The molecule has 130 valence electrons. The lowest BCUT2D eigenvalue weighted by Crippen LogP contribution is -2.09. The van der Waals surface area contributed by atoms with Gasteiger partial charge in [0.1, 0.15) is 5.82 Å². The molecular weight excluding hydrogens is 356 g/mol. The van der Waals surface area contributed by atoms with Crippen LogP contribution in [0.15, 0.2) is 48.5 Å². The normalized spacial score (nSPS) is 12.3. The maximum atomic E-state index is 11.5. The Labute approximate surface area is 156 Å². The zero-order valence-electron chi connectivity index (χ0n) is 14.1. The number of hydrogen-bond donors (Lipinski definition) is 0. The highest BCUT2D eigenvalue weighted by molar-refractivity contribution is 8.00. The summed E-state index contributed by atoms with van der Waals surface area (Å²) in [4.78, 5) is 16.2. The van der Waals surface area contributed by atoms with Gasteiger partial charge in [0, 0.05) is 11.6 Å². The summed E-state index contributed by atoms with van der Waals surface area (Å²) in [6.07, 6.45) is 0. The first-order chi connectivity index (χ1) is 12.1. The number of nitrogens with zero attached hydrogens (tertiary/aromatic N) is 2. The molecular formula is C19H19ClN2O2S. The van der Waals surface area contributed by atoms with E-state index in [1.807, 2.05) is 36.4 Å². The third-order valence-electron chi connectivity index (χ3n) is 3.97. The molecule has 0 spiro atoms. The summed E-state index contributed by atoms with van der Waals surface area (Å²) in [6.45, 7) is 2.77. The van der Waals surface area contributed by atoms with Gasteiger partial charge in [0.2, 0.25) is 0 Å². The monoisotopic (exact) mass is 374 g/mol. The molecule has 3 aromatic rings. The van der Waals surface area contributed by atoms with Crippen LogP contribution in [0.25, 0.3) is 11.0 Å². The molecule has 3 rings (SSSR count). The summed E-state index contributed by atoms with van der Waals surface area (Å²) in [5.74, 6) is 0.994. The third kappa shape index (κ3) is 4.17. The van der Waals surface area contributed by atoms with E-state index in [0.29, 0.717) is 10.8 Å². The molecule has 0 fully saturated rings. The van der Waals surface area contributed by atoms with Crippen molar-refractivity contribution in [3.63, 3.8) is 0 Å². The molecule has 0 N–H and O–H groups in total. The van der Waals surface area contributed by atoms with E-state index in [1.54, 1.807) is 0 Å². The molecule has 0 unspecified atom stereocenters. The van der Waals surface area contributed by atoms with Gasteiger partial charge in [-0.05, 0) is 30.7 Å². The second-order valence-electron chi connectivity index (χ2n) is 5.70. The first-order valence-electron chi connectivity index (χ1n) is 7.96. The molecule has 2 aromatic carbocycles. The van der Waals surface area contributed by atoms with E-state index in [1.165, 1.54) is 24.4 Å². The highest BCUT2D eigenvalue weighted by Crippen LogP contribution is 2.32.